The van der Waals surface area contributed by atoms with Crippen molar-refractivity contribution in [2.24, 2.45) is 22.4 Å². The summed E-state index contributed by atoms with van der Waals surface area (Å²) in [5.74, 6) is -14.6. The number of unbranched alkanes of at least 4 members (excludes halogenated alkanes) is 4. The van der Waals surface area contributed by atoms with Crippen molar-refractivity contribution in [2.45, 2.75) is 196 Å². The number of carboxylic acid groups (broad SMARTS) is 2. The van der Waals surface area contributed by atoms with Crippen molar-refractivity contribution in [1.29, 1.82) is 0 Å². The third kappa shape index (κ3) is 18.1. The second-order valence-corrected chi connectivity index (χ2v) is 20.8. The molecule has 0 saturated carbocycles. The maximum absolute atomic E-state index is 14.4. The molecule has 444 valence electrons. The van der Waals surface area contributed by atoms with Crippen molar-refractivity contribution in [3.05, 3.63) is 0 Å². The van der Waals surface area contributed by atoms with Gasteiger partial charge >= 0.3 is 17.9 Å². The topological polar surface area (TPSA) is 473 Å². The molecule has 79 heavy (non-hydrogen) atoms. The molecule has 4 fully saturated rings. The number of aliphatic carboxylic acids is 2. The zero-order valence-corrected chi connectivity index (χ0v) is 44.7. The highest BCUT2D eigenvalue weighted by atomic mass is 16.5. The number of ether oxygens (including phenoxy) is 1. The molecule has 8 amide bonds. The summed E-state index contributed by atoms with van der Waals surface area (Å²) in [4.78, 5) is 158. The van der Waals surface area contributed by atoms with Gasteiger partial charge in [-0.2, -0.15) is 0 Å². The van der Waals surface area contributed by atoms with Crippen molar-refractivity contribution in [3.8, 4) is 0 Å². The van der Waals surface area contributed by atoms with Gasteiger partial charge in [-0.1, -0.05) is 46.0 Å². The molecule has 0 spiro atoms. The number of esters is 1. The van der Waals surface area contributed by atoms with Crippen molar-refractivity contribution in [1.82, 2.24) is 41.3 Å². The number of rotatable bonds is 18. The fourth-order valence-corrected chi connectivity index (χ4v) is 10.0. The Labute approximate surface area is 455 Å². The van der Waals surface area contributed by atoms with Gasteiger partial charge in [0.2, 0.25) is 47.3 Å². The summed E-state index contributed by atoms with van der Waals surface area (Å²) >= 11 is 0. The number of aliphatic hydroxyl groups is 5. The van der Waals surface area contributed by atoms with Crippen LogP contribution in [0.15, 0.2) is 4.99 Å². The van der Waals surface area contributed by atoms with Gasteiger partial charge in [0.25, 0.3) is 0 Å². The first-order chi connectivity index (χ1) is 37.3. The number of hydrogen-bond donors (Lipinski definition) is 14. The molecule has 0 radical (unpaired) electrons. The van der Waals surface area contributed by atoms with Crippen molar-refractivity contribution in [3.63, 3.8) is 0 Å². The minimum Gasteiger partial charge on any atom is -0.479 e. The van der Waals surface area contributed by atoms with E-state index in [9.17, 15) is 88.5 Å². The highest BCUT2D eigenvalue weighted by Gasteiger charge is 2.48. The second-order valence-electron chi connectivity index (χ2n) is 20.8. The average molecular weight is 1130 g/mol. The van der Waals surface area contributed by atoms with E-state index in [2.05, 4.69) is 34.8 Å². The summed E-state index contributed by atoms with van der Waals surface area (Å²) in [6.45, 7) is 3.48. The largest absolute Gasteiger partial charge is 0.479 e. The Morgan fingerprint density at radius 1 is 0.633 bits per heavy atom. The van der Waals surface area contributed by atoms with Crippen LogP contribution in [0.3, 0.4) is 0 Å². The maximum atomic E-state index is 14.4. The number of guanidine groups is 1. The predicted octanol–water partition coefficient (Wildman–Crippen LogP) is -5.63. The van der Waals surface area contributed by atoms with Crippen LogP contribution in [0, 0.1) is 5.92 Å². The molecule has 4 aliphatic rings. The lowest BCUT2D eigenvalue weighted by atomic mass is 10.0. The first-order valence-corrected chi connectivity index (χ1v) is 26.8. The zero-order chi connectivity index (χ0) is 58.8. The number of nitrogens with two attached hydrogens (primary N) is 2. The first kappa shape index (κ1) is 64.8. The van der Waals surface area contributed by atoms with Gasteiger partial charge < -0.3 is 93.2 Å². The Kier molecular flexibility index (Phi) is 25.1. The minimum absolute atomic E-state index is 0.00832. The van der Waals surface area contributed by atoms with Crippen LogP contribution in [0.5, 0.6) is 0 Å². The normalized spacial score (nSPS) is 28.6. The highest BCUT2D eigenvalue weighted by molar-refractivity contribution is 6.00. The Bertz CT molecular complexity index is 2230. The number of amides is 8. The van der Waals surface area contributed by atoms with E-state index in [0.717, 1.165) is 30.6 Å². The van der Waals surface area contributed by atoms with E-state index in [-0.39, 0.29) is 77.0 Å². The van der Waals surface area contributed by atoms with E-state index in [1.165, 1.54) is 11.8 Å². The molecule has 0 aliphatic carbocycles. The molecule has 4 saturated heterocycles. The summed E-state index contributed by atoms with van der Waals surface area (Å²) < 4.78 is 5.64. The number of carbonyl (C=O) groups excluding carboxylic acids is 9. The third-order valence-corrected chi connectivity index (χ3v) is 14.3. The Morgan fingerprint density at radius 3 is 1.82 bits per heavy atom. The summed E-state index contributed by atoms with van der Waals surface area (Å²) in [6, 6.07) is -14.9. The predicted molar refractivity (Wildman–Crippen MR) is 273 cm³/mol. The van der Waals surface area contributed by atoms with E-state index in [0.29, 0.717) is 23.7 Å². The van der Waals surface area contributed by atoms with E-state index in [1.807, 2.05) is 10.6 Å². The van der Waals surface area contributed by atoms with Gasteiger partial charge in [0.1, 0.15) is 48.4 Å². The summed E-state index contributed by atoms with van der Waals surface area (Å²) in [6.07, 6.45) is -6.58. The Hall–Kier alpha value is -6.76. The number of nitrogens with zero attached hydrogens (tertiary/aromatic N) is 4. The first-order valence-electron chi connectivity index (χ1n) is 26.8. The summed E-state index contributed by atoms with van der Waals surface area (Å²) in [7, 11) is 0. The summed E-state index contributed by atoms with van der Waals surface area (Å²) in [5.41, 5.74) is 10.9. The van der Waals surface area contributed by atoms with Crippen LogP contribution in [0.2, 0.25) is 0 Å². The van der Waals surface area contributed by atoms with Crippen molar-refractivity contribution < 1.29 is 93.2 Å². The smallest absolute Gasteiger partial charge is 0.335 e. The van der Waals surface area contributed by atoms with Gasteiger partial charge in [-0.25, -0.2) is 14.4 Å². The average Bonchev–Trinajstić information content (AvgIpc) is 4.23. The van der Waals surface area contributed by atoms with E-state index in [4.69, 9.17) is 16.2 Å². The van der Waals surface area contributed by atoms with Crippen LogP contribution in [0.25, 0.3) is 0 Å². The molecule has 0 bridgehead atoms. The molecule has 13 atom stereocenters. The van der Waals surface area contributed by atoms with Gasteiger partial charge in [0.05, 0.1) is 25.2 Å². The molecule has 30 nitrogen and oxygen atoms in total. The molecule has 4 aliphatic heterocycles. The van der Waals surface area contributed by atoms with Gasteiger partial charge in [-0.05, 0) is 70.6 Å². The fraction of sp³-hybridized carbons (Fsp3) is 0.755. The SMILES string of the molecule is CC(C)CCCCCCCC1CC(=O)N[C@H]([C@@H](C)O)C(=O)N2CCC[C@@H]2C(=O)N2CCC[C@@H]2C(=O)N[C@@H](CCCN=C(N)N)C(=O)N[C@H]([C@@H](O)C(=O)O)C(=O)N[C@@H](CO)C(=O)N2CC[C@H](O)[C@H]2C(=O)N[C@@H]([C@H](O)C(=O)O)C(=O)O1. The van der Waals surface area contributed by atoms with Crippen LogP contribution in [0.4, 0.5) is 0 Å². The molecule has 4 heterocycles. The highest BCUT2D eigenvalue weighted by Crippen LogP contribution is 2.27. The summed E-state index contributed by atoms with van der Waals surface area (Å²) in [5, 5.41) is 84.7. The fourth-order valence-electron chi connectivity index (χ4n) is 10.0. The Balaban J connectivity index is 1.80. The van der Waals surface area contributed by atoms with Gasteiger partial charge in [-0.3, -0.25) is 43.3 Å². The van der Waals surface area contributed by atoms with Crippen LogP contribution in [-0.4, -0.2) is 233 Å². The standard InChI is InChI=1S/C49H79N11O19/c1-24(2)12-7-5-4-6-8-13-26-22-32(64)55-33(25(3)62)45(73)59-20-11-16-30(59)44(72)58-19-10-15-29(58)40(68)53-27(14-9-18-52-49(50)51)39(67)56-34(37(65)46(74)75)41(69)54-28(23-61)43(71)60-21-17-31(63)36(60)42(70)57-35(48(78)79-26)38(66)47(76)77/h24-31,33-38,61-63,65-66H,4-23H2,1-3H3,(H,53,68)(H,54,69)(H,55,64)(H,56,67)(H,57,70)(H,74,75)(H,76,77)(H4,50,51,52)/t25-,26?,27+,28+,29-,30-,31+,33-,34-,35+,36+,37-,38+/m1/s1. The molecule has 4 rings (SSSR count). The number of fused-ring (bicyclic) bond motifs is 3. The number of cyclic esters (lactones) is 1. The van der Waals surface area contributed by atoms with Gasteiger partial charge in [0, 0.05) is 26.2 Å². The second kappa shape index (κ2) is 30.6. The minimum atomic E-state index is -2.76. The molecule has 1 unspecified atom stereocenters. The lowest BCUT2D eigenvalue weighted by molar-refractivity contribution is -0.165. The zero-order valence-electron chi connectivity index (χ0n) is 44.7. The van der Waals surface area contributed by atoms with Crippen LogP contribution >= 0.6 is 0 Å². The number of carbonyl (C=O) groups is 11. The van der Waals surface area contributed by atoms with Crippen LogP contribution in [0.1, 0.15) is 117 Å². The molecule has 16 N–H and O–H groups in total. The monoisotopic (exact) mass is 1130 g/mol. The number of hydrogen-bond acceptors (Lipinski definition) is 18. The van der Waals surface area contributed by atoms with E-state index < -0.39 is 164 Å². The van der Waals surface area contributed by atoms with Crippen LogP contribution < -0.4 is 38.1 Å². The van der Waals surface area contributed by atoms with Crippen LogP contribution in [-0.2, 0) is 57.5 Å². The molecule has 30 heteroatoms. The number of aliphatic imine (C=N–C) groups is 1. The van der Waals surface area contributed by atoms with Crippen molar-refractivity contribution in [2.75, 3.05) is 32.8 Å². The lowest BCUT2D eigenvalue weighted by Crippen LogP contribution is -2.64. The molecular formula is C49H79N11O19. The van der Waals surface area contributed by atoms with Gasteiger partial charge in [-0.15, -0.1) is 0 Å². The van der Waals surface area contributed by atoms with E-state index >= 15 is 0 Å². The number of aliphatic hydroxyl groups excluding tert-OH is 5. The third-order valence-electron chi connectivity index (χ3n) is 14.3. The molecular weight excluding hydrogens is 1050 g/mol. The van der Waals surface area contributed by atoms with Crippen molar-refractivity contribution >= 4 is 71.1 Å². The molecule has 0 aromatic rings. The quantitative estimate of drug-likeness (QED) is 0.0263. The van der Waals surface area contributed by atoms with E-state index in [1.54, 1.807) is 0 Å². The molecule has 0 aromatic carbocycles. The van der Waals surface area contributed by atoms with Gasteiger partial charge in [0.15, 0.2) is 24.2 Å². The Morgan fingerprint density at radius 2 is 1.22 bits per heavy atom. The number of nitrogens with one attached hydrogen (secondary N) is 5. The maximum Gasteiger partial charge on any atom is 0.335 e. The molecule has 0 aromatic heterocycles. The number of carboxylic acids is 2. The lowest BCUT2D eigenvalue weighted by Gasteiger charge is -2.34.